The third-order valence-corrected chi connectivity index (χ3v) is 6.19. The van der Waals surface area contributed by atoms with Crippen molar-refractivity contribution in [1.82, 2.24) is 14.8 Å². The summed E-state index contributed by atoms with van der Waals surface area (Å²) in [6.07, 6.45) is 0. The summed E-state index contributed by atoms with van der Waals surface area (Å²) in [5.41, 5.74) is 3.31. The molecule has 1 aliphatic heterocycles. The van der Waals surface area contributed by atoms with Crippen molar-refractivity contribution in [1.29, 1.82) is 0 Å². The Labute approximate surface area is 180 Å². The van der Waals surface area contributed by atoms with Gasteiger partial charge in [-0.05, 0) is 24.6 Å². The van der Waals surface area contributed by atoms with E-state index in [1.807, 2.05) is 18.2 Å². The van der Waals surface area contributed by atoms with Crippen LogP contribution in [0.4, 0.5) is 10.1 Å². The highest BCUT2D eigenvalue weighted by molar-refractivity contribution is 7.13. The number of amides is 1. The van der Waals surface area contributed by atoms with Crippen molar-refractivity contribution in [3.63, 3.8) is 0 Å². The quantitative estimate of drug-likeness (QED) is 0.650. The van der Waals surface area contributed by atoms with Crippen LogP contribution < -0.4 is 5.32 Å². The van der Waals surface area contributed by atoms with Crippen molar-refractivity contribution in [2.75, 3.05) is 38.0 Å². The first-order valence-corrected chi connectivity index (χ1v) is 11.0. The van der Waals surface area contributed by atoms with Crippen LogP contribution in [-0.4, -0.2) is 53.4 Å². The third-order valence-electron chi connectivity index (χ3n) is 5.25. The van der Waals surface area contributed by atoms with E-state index in [4.69, 9.17) is 4.98 Å². The van der Waals surface area contributed by atoms with E-state index in [9.17, 15) is 9.18 Å². The fraction of sp³-hybridized carbons (Fsp3) is 0.304. The smallest absolute Gasteiger partial charge is 0.238 e. The maximum absolute atomic E-state index is 13.6. The third kappa shape index (κ3) is 5.30. The van der Waals surface area contributed by atoms with Crippen LogP contribution in [0, 0.1) is 12.7 Å². The summed E-state index contributed by atoms with van der Waals surface area (Å²) < 4.78 is 13.6. The largest absolute Gasteiger partial charge is 0.325 e. The lowest BCUT2D eigenvalue weighted by atomic mass is 10.2. The van der Waals surface area contributed by atoms with Gasteiger partial charge < -0.3 is 5.32 Å². The second-order valence-corrected chi connectivity index (χ2v) is 8.43. The highest BCUT2D eigenvalue weighted by Crippen LogP contribution is 2.24. The summed E-state index contributed by atoms with van der Waals surface area (Å²) in [5.74, 6) is -0.419. The molecule has 1 aromatic heterocycles. The Hall–Kier alpha value is -2.61. The monoisotopic (exact) mass is 424 g/mol. The molecular weight excluding hydrogens is 399 g/mol. The Balaban J connectivity index is 1.23. The lowest BCUT2D eigenvalue weighted by Gasteiger charge is -2.33. The van der Waals surface area contributed by atoms with Crippen molar-refractivity contribution in [2.24, 2.45) is 0 Å². The minimum absolute atomic E-state index is 0.112. The Morgan fingerprint density at radius 2 is 1.83 bits per heavy atom. The Kier molecular flexibility index (Phi) is 6.52. The maximum Gasteiger partial charge on any atom is 0.238 e. The molecule has 3 aromatic rings. The molecule has 5 nitrogen and oxygen atoms in total. The standard InChI is InChI=1S/C23H25FN4OS/c1-17-7-8-19(13-21(17)24)25-22(29)15-28-11-9-27(10-12-28)14-20-16-30-23(26-20)18-5-3-2-4-6-18/h2-8,13,16H,9-12,14-15H2,1H3,(H,25,29). The molecule has 0 unspecified atom stereocenters. The van der Waals surface area contributed by atoms with Crippen molar-refractivity contribution < 1.29 is 9.18 Å². The van der Waals surface area contributed by atoms with E-state index in [2.05, 4.69) is 32.6 Å². The molecule has 1 fully saturated rings. The number of anilines is 1. The van der Waals surface area contributed by atoms with Crippen LogP contribution in [0.3, 0.4) is 0 Å². The van der Waals surface area contributed by atoms with Gasteiger partial charge in [0.1, 0.15) is 10.8 Å². The number of thiazole rings is 1. The summed E-state index contributed by atoms with van der Waals surface area (Å²) in [6, 6.07) is 15.0. The van der Waals surface area contributed by atoms with Crippen LogP contribution in [0.15, 0.2) is 53.9 Å². The number of hydrogen-bond donors (Lipinski definition) is 1. The number of benzene rings is 2. The zero-order valence-electron chi connectivity index (χ0n) is 17.0. The predicted molar refractivity (Wildman–Crippen MR) is 119 cm³/mol. The molecule has 1 saturated heterocycles. The van der Waals surface area contributed by atoms with Crippen LogP contribution in [0.2, 0.25) is 0 Å². The van der Waals surface area contributed by atoms with Crippen LogP contribution in [0.25, 0.3) is 10.6 Å². The van der Waals surface area contributed by atoms with Gasteiger partial charge in [-0.2, -0.15) is 0 Å². The molecule has 2 heterocycles. The lowest BCUT2D eigenvalue weighted by molar-refractivity contribution is -0.117. The normalized spacial score (nSPS) is 15.3. The molecule has 156 valence electrons. The Morgan fingerprint density at radius 1 is 1.10 bits per heavy atom. The Bertz CT molecular complexity index is 999. The molecule has 0 radical (unpaired) electrons. The van der Waals surface area contributed by atoms with Gasteiger partial charge in [0.05, 0.1) is 12.2 Å². The van der Waals surface area contributed by atoms with Gasteiger partial charge in [0.2, 0.25) is 5.91 Å². The van der Waals surface area contributed by atoms with E-state index in [1.165, 1.54) is 6.07 Å². The number of aryl methyl sites for hydroxylation is 1. The van der Waals surface area contributed by atoms with E-state index in [0.29, 0.717) is 17.8 Å². The number of hydrogen-bond acceptors (Lipinski definition) is 5. The molecule has 2 aromatic carbocycles. The molecule has 0 aliphatic carbocycles. The summed E-state index contributed by atoms with van der Waals surface area (Å²) >= 11 is 1.68. The van der Waals surface area contributed by atoms with E-state index in [0.717, 1.165) is 49.0 Å². The molecule has 7 heteroatoms. The minimum atomic E-state index is -0.307. The first kappa shape index (κ1) is 20.7. The topological polar surface area (TPSA) is 48.5 Å². The van der Waals surface area contributed by atoms with Gasteiger partial charge in [0, 0.05) is 49.4 Å². The molecule has 0 bridgehead atoms. The van der Waals surface area contributed by atoms with E-state index >= 15 is 0 Å². The number of rotatable bonds is 6. The van der Waals surface area contributed by atoms with E-state index < -0.39 is 0 Å². The average molecular weight is 425 g/mol. The van der Waals surface area contributed by atoms with Crippen LogP contribution in [0.1, 0.15) is 11.3 Å². The lowest BCUT2D eigenvalue weighted by Crippen LogP contribution is -2.48. The number of aromatic nitrogens is 1. The first-order chi connectivity index (χ1) is 14.6. The predicted octanol–water partition coefficient (Wildman–Crippen LogP) is 4.01. The van der Waals surface area contributed by atoms with Crippen molar-refractivity contribution in [3.05, 3.63) is 71.0 Å². The highest BCUT2D eigenvalue weighted by Gasteiger charge is 2.20. The van der Waals surface area contributed by atoms with E-state index in [-0.39, 0.29) is 11.7 Å². The highest BCUT2D eigenvalue weighted by atomic mass is 32.1. The summed E-state index contributed by atoms with van der Waals surface area (Å²) in [4.78, 5) is 21.6. The molecule has 30 heavy (non-hydrogen) atoms. The van der Waals surface area contributed by atoms with Crippen LogP contribution >= 0.6 is 11.3 Å². The molecule has 1 aliphatic rings. The second-order valence-electron chi connectivity index (χ2n) is 7.57. The van der Waals surface area contributed by atoms with Crippen molar-refractivity contribution in [2.45, 2.75) is 13.5 Å². The summed E-state index contributed by atoms with van der Waals surface area (Å²) in [5, 5.41) is 5.96. The maximum atomic E-state index is 13.6. The molecule has 1 amide bonds. The van der Waals surface area contributed by atoms with Crippen molar-refractivity contribution in [3.8, 4) is 10.6 Å². The van der Waals surface area contributed by atoms with Crippen molar-refractivity contribution >= 4 is 22.9 Å². The number of carbonyl (C=O) groups is 1. The minimum Gasteiger partial charge on any atom is -0.325 e. The van der Waals surface area contributed by atoms with E-state index in [1.54, 1.807) is 30.4 Å². The van der Waals surface area contributed by atoms with Gasteiger partial charge in [0.25, 0.3) is 0 Å². The number of nitrogens with zero attached hydrogens (tertiary/aromatic N) is 3. The molecule has 0 spiro atoms. The molecular formula is C23H25FN4OS. The SMILES string of the molecule is Cc1ccc(NC(=O)CN2CCN(Cc3csc(-c4ccccc4)n3)CC2)cc1F. The number of halogens is 1. The molecule has 1 N–H and O–H groups in total. The first-order valence-electron chi connectivity index (χ1n) is 10.1. The summed E-state index contributed by atoms with van der Waals surface area (Å²) in [6.45, 7) is 6.28. The van der Waals surface area contributed by atoms with Gasteiger partial charge in [-0.3, -0.25) is 14.6 Å². The van der Waals surface area contributed by atoms with Crippen LogP contribution in [-0.2, 0) is 11.3 Å². The average Bonchev–Trinajstić information content (AvgIpc) is 3.21. The molecule has 0 atom stereocenters. The van der Waals surface area contributed by atoms with Gasteiger partial charge in [0.15, 0.2) is 0 Å². The number of piperazine rings is 1. The van der Waals surface area contributed by atoms with Crippen LogP contribution in [0.5, 0.6) is 0 Å². The van der Waals surface area contributed by atoms with Gasteiger partial charge in [-0.25, -0.2) is 9.37 Å². The zero-order valence-corrected chi connectivity index (χ0v) is 17.8. The fourth-order valence-corrected chi connectivity index (χ4v) is 4.32. The second kappa shape index (κ2) is 9.47. The summed E-state index contributed by atoms with van der Waals surface area (Å²) in [7, 11) is 0. The zero-order chi connectivity index (χ0) is 20.9. The molecule has 4 rings (SSSR count). The van der Waals surface area contributed by atoms with Gasteiger partial charge >= 0.3 is 0 Å². The van der Waals surface area contributed by atoms with Gasteiger partial charge in [-0.1, -0.05) is 36.4 Å². The number of carbonyl (C=O) groups excluding carboxylic acids is 1. The molecule has 0 saturated carbocycles. The number of nitrogens with one attached hydrogen (secondary N) is 1. The fourth-order valence-electron chi connectivity index (χ4n) is 3.50. The Morgan fingerprint density at radius 3 is 2.57 bits per heavy atom. The van der Waals surface area contributed by atoms with Gasteiger partial charge in [-0.15, -0.1) is 11.3 Å².